The van der Waals surface area contributed by atoms with Gasteiger partial charge in [0, 0.05) is 13.1 Å². The summed E-state index contributed by atoms with van der Waals surface area (Å²) in [5.41, 5.74) is 6.58. The van der Waals surface area contributed by atoms with Gasteiger partial charge in [-0.15, -0.1) is 0 Å². The lowest BCUT2D eigenvalue weighted by atomic mass is 9.80. The Bertz CT molecular complexity index is 297. The Morgan fingerprint density at radius 3 is 2.33 bits per heavy atom. The Kier molecular flexibility index (Phi) is 4.18. The van der Waals surface area contributed by atoms with Crippen molar-refractivity contribution in [3.05, 3.63) is 0 Å². The molecule has 1 saturated carbocycles. The highest BCUT2D eigenvalue weighted by atomic mass is 15.3. The summed E-state index contributed by atoms with van der Waals surface area (Å²) in [6, 6.07) is 0.493. The SMILES string of the molecule is CC(C)(C)C1CCN(C(N)=NC2CCCCC2)C1. The monoisotopic (exact) mass is 251 g/mol. The number of hydrogen-bond donors (Lipinski definition) is 1. The van der Waals surface area contributed by atoms with Crippen LogP contribution in [-0.2, 0) is 0 Å². The maximum Gasteiger partial charge on any atom is 0.191 e. The number of nitrogens with zero attached hydrogens (tertiary/aromatic N) is 2. The Balaban J connectivity index is 1.90. The van der Waals surface area contributed by atoms with Crippen molar-refractivity contribution in [3.63, 3.8) is 0 Å². The van der Waals surface area contributed by atoms with Gasteiger partial charge in [-0.1, -0.05) is 40.0 Å². The third-order valence-electron chi connectivity index (χ3n) is 4.63. The van der Waals surface area contributed by atoms with Gasteiger partial charge < -0.3 is 10.6 Å². The second-order valence-electron chi connectivity index (χ2n) is 7.08. The molecular formula is C15H29N3. The Morgan fingerprint density at radius 1 is 1.11 bits per heavy atom. The fourth-order valence-electron chi connectivity index (χ4n) is 3.15. The van der Waals surface area contributed by atoms with Crippen molar-refractivity contribution >= 4 is 5.96 Å². The van der Waals surface area contributed by atoms with E-state index >= 15 is 0 Å². The predicted octanol–water partition coefficient (Wildman–Crippen LogP) is 3.00. The number of nitrogens with two attached hydrogens (primary N) is 1. The minimum atomic E-state index is 0.389. The number of aliphatic imine (C=N–C) groups is 1. The van der Waals surface area contributed by atoms with E-state index in [9.17, 15) is 0 Å². The lowest BCUT2D eigenvalue weighted by molar-refractivity contribution is 0.250. The van der Waals surface area contributed by atoms with E-state index in [1.54, 1.807) is 0 Å². The molecule has 2 rings (SSSR count). The van der Waals surface area contributed by atoms with Crippen LogP contribution in [-0.4, -0.2) is 30.0 Å². The van der Waals surface area contributed by atoms with Crippen molar-refractivity contribution < 1.29 is 0 Å². The normalized spacial score (nSPS) is 27.8. The largest absolute Gasteiger partial charge is 0.370 e. The highest BCUT2D eigenvalue weighted by molar-refractivity contribution is 5.78. The number of guanidine groups is 1. The molecule has 0 aromatic rings. The molecule has 1 unspecified atom stereocenters. The van der Waals surface area contributed by atoms with E-state index in [1.807, 2.05) is 0 Å². The second-order valence-corrected chi connectivity index (χ2v) is 7.08. The molecule has 0 aromatic carbocycles. The van der Waals surface area contributed by atoms with E-state index in [-0.39, 0.29) is 0 Å². The predicted molar refractivity (Wildman–Crippen MR) is 77.6 cm³/mol. The zero-order chi connectivity index (χ0) is 13.2. The van der Waals surface area contributed by atoms with Crippen molar-refractivity contribution in [3.8, 4) is 0 Å². The highest BCUT2D eigenvalue weighted by Crippen LogP contribution is 2.33. The van der Waals surface area contributed by atoms with E-state index in [4.69, 9.17) is 10.7 Å². The summed E-state index contributed by atoms with van der Waals surface area (Å²) in [7, 11) is 0. The maximum atomic E-state index is 6.19. The summed E-state index contributed by atoms with van der Waals surface area (Å²) >= 11 is 0. The van der Waals surface area contributed by atoms with E-state index in [2.05, 4.69) is 25.7 Å². The fourth-order valence-corrected chi connectivity index (χ4v) is 3.15. The van der Waals surface area contributed by atoms with Crippen molar-refractivity contribution in [2.45, 2.75) is 65.3 Å². The van der Waals surface area contributed by atoms with Crippen LogP contribution < -0.4 is 5.73 Å². The van der Waals surface area contributed by atoms with Crippen molar-refractivity contribution in [1.29, 1.82) is 0 Å². The van der Waals surface area contributed by atoms with Gasteiger partial charge >= 0.3 is 0 Å². The van der Waals surface area contributed by atoms with E-state index in [1.165, 1.54) is 38.5 Å². The second kappa shape index (κ2) is 5.50. The van der Waals surface area contributed by atoms with E-state index < -0.39 is 0 Å². The molecule has 104 valence electrons. The molecule has 2 aliphatic rings. The van der Waals surface area contributed by atoms with Crippen LogP contribution in [0.15, 0.2) is 4.99 Å². The standard InChI is InChI=1S/C15H29N3/c1-15(2,3)12-9-10-18(11-12)14(16)17-13-7-5-4-6-8-13/h12-13H,4-11H2,1-3H3,(H2,16,17). The van der Waals surface area contributed by atoms with Crippen LogP contribution in [0.2, 0.25) is 0 Å². The molecule has 0 aromatic heterocycles. The first-order valence-electron chi connectivity index (χ1n) is 7.55. The molecule has 1 atom stereocenters. The highest BCUT2D eigenvalue weighted by Gasteiger charge is 2.32. The van der Waals surface area contributed by atoms with Crippen LogP contribution in [0.5, 0.6) is 0 Å². The minimum Gasteiger partial charge on any atom is -0.370 e. The molecule has 1 aliphatic carbocycles. The van der Waals surface area contributed by atoms with Crippen LogP contribution in [0.1, 0.15) is 59.3 Å². The molecule has 0 amide bonds. The molecule has 2 N–H and O–H groups in total. The van der Waals surface area contributed by atoms with E-state index in [0.29, 0.717) is 11.5 Å². The van der Waals surface area contributed by atoms with Gasteiger partial charge in [-0.25, -0.2) is 4.99 Å². The van der Waals surface area contributed by atoms with Gasteiger partial charge in [0.15, 0.2) is 5.96 Å². The lowest BCUT2D eigenvalue weighted by Gasteiger charge is -2.27. The molecule has 2 fully saturated rings. The Morgan fingerprint density at radius 2 is 1.78 bits per heavy atom. The van der Waals surface area contributed by atoms with Gasteiger partial charge in [-0.2, -0.15) is 0 Å². The quantitative estimate of drug-likeness (QED) is 0.575. The van der Waals surface area contributed by atoms with Gasteiger partial charge in [0.05, 0.1) is 6.04 Å². The topological polar surface area (TPSA) is 41.6 Å². The summed E-state index contributed by atoms with van der Waals surface area (Å²) in [4.78, 5) is 7.05. The smallest absolute Gasteiger partial charge is 0.191 e. The first kappa shape index (κ1) is 13.7. The summed E-state index contributed by atoms with van der Waals surface area (Å²) in [5, 5.41) is 0. The Hall–Kier alpha value is -0.730. The molecular weight excluding hydrogens is 222 g/mol. The van der Waals surface area contributed by atoms with Gasteiger partial charge in [-0.3, -0.25) is 0 Å². The van der Waals surface area contributed by atoms with Crippen molar-refractivity contribution in [2.75, 3.05) is 13.1 Å². The number of likely N-dealkylation sites (tertiary alicyclic amines) is 1. The van der Waals surface area contributed by atoms with Gasteiger partial charge in [-0.05, 0) is 30.6 Å². The van der Waals surface area contributed by atoms with Gasteiger partial charge in [0.25, 0.3) is 0 Å². The Labute approximate surface area is 112 Å². The summed E-state index contributed by atoms with van der Waals surface area (Å²) in [6.07, 6.45) is 7.75. The lowest BCUT2D eigenvalue weighted by Crippen LogP contribution is -2.38. The van der Waals surface area contributed by atoms with Gasteiger partial charge in [0.2, 0.25) is 0 Å². The van der Waals surface area contributed by atoms with Crippen LogP contribution in [0.4, 0.5) is 0 Å². The van der Waals surface area contributed by atoms with Crippen LogP contribution in [0, 0.1) is 11.3 Å². The van der Waals surface area contributed by atoms with E-state index in [0.717, 1.165) is 25.0 Å². The maximum absolute atomic E-state index is 6.19. The molecule has 1 heterocycles. The molecule has 3 heteroatoms. The molecule has 0 bridgehead atoms. The molecule has 1 aliphatic heterocycles. The third kappa shape index (κ3) is 3.39. The molecule has 0 spiro atoms. The van der Waals surface area contributed by atoms with Crippen molar-refractivity contribution in [1.82, 2.24) is 4.90 Å². The summed E-state index contributed by atoms with van der Waals surface area (Å²) in [6.45, 7) is 9.16. The number of rotatable bonds is 1. The first-order valence-corrected chi connectivity index (χ1v) is 7.55. The molecule has 0 radical (unpaired) electrons. The molecule has 18 heavy (non-hydrogen) atoms. The first-order chi connectivity index (χ1) is 8.47. The molecule has 1 saturated heterocycles. The zero-order valence-electron chi connectivity index (χ0n) is 12.3. The van der Waals surface area contributed by atoms with Crippen LogP contribution in [0.25, 0.3) is 0 Å². The average molecular weight is 251 g/mol. The minimum absolute atomic E-state index is 0.389. The summed E-state index contributed by atoms with van der Waals surface area (Å²) < 4.78 is 0. The fraction of sp³-hybridized carbons (Fsp3) is 0.933. The van der Waals surface area contributed by atoms with Crippen LogP contribution >= 0.6 is 0 Å². The molecule has 3 nitrogen and oxygen atoms in total. The van der Waals surface area contributed by atoms with Crippen molar-refractivity contribution in [2.24, 2.45) is 22.1 Å². The zero-order valence-corrected chi connectivity index (χ0v) is 12.3. The number of hydrogen-bond acceptors (Lipinski definition) is 1. The van der Waals surface area contributed by atoms with Crippen LogP contribution in [0.3, 0.4) is 0 Å². The summed E-state index contributed by atoms with van der Waals surface area (Å²) in [5.74, 6) is 1.55. The average Bonchev–Trinajstić information content (AvgIpc) is 2.79. The van der Waals surface area contributed by atoms with Gasteiger partial charge in [0.1, 0.15) is 0 Å². The third-order valence-corrected chi connectivity index (χ3v) is 4.63.